The minimum absolute atomic E-state index is 0.352. The molecular weight excluding hydrogens is 264 g/mol. The topological polar surface area (TPSA) is 44.7 Å². The summed E-state index contributed by atoms with van der Waals surface area (Å²) in [4.78, 5) is 2.57. The highest BCUT2D eigenvalue weighted by Crippen LogP contribution is 2.32. The second kappa shape index (κ2) is 6.67. The maximum absolute atomic E-state index is 10.2. The van der Waals surface area contributed by atoms with Crippen LogP contribution in [0.25, 0.3) is 0 Å². The van der Waals surface area contributed by atoms with Crippen LogP contribution in [0, 0.1) is 5.92 Å². The van der Waals surface area contributed by atoms with E-state index in [1.54, 1.807) is 13.2 Å². The second-order valence-electron chi connectivity index (χ2n) is 6.35. The van der Waals surface area contributed by atoms with Gasteiger partial charge in [-0.1, -0.05) is 6.07 Å². The Bertz CT molecular complexity index is 468. The van der Waals surface area contributed by atoms with Crippen LogP contribution in [0.1, 0.15) is 31.2 Å². The Hall–Kier alpha value is -1.26. The molecule has 4 heteroatoms. The first-order valence-corrected chi connectivity index (χ1v) is 8.07. The summed E-state index contributed by atoms with van der Waals surface area (Å²) in [6.45, 7) is 4.32. The quantitative estimate of drug-likeness (QED) is 0.844. The van der Waals surface area contributed by atoms with E-state index in [1.807, 2.05) is 12.1 Å². The van der Waals surface area contributed by atoms with Crippen molar-refractivity contribution < 1.29 is 9.84 Å². The number of phenols is 1. The van der Waals surface area contributed by atoms with Crippen molar-refractivity contribution in [3.05, 3.63) is 23.8 Å². The van der Waals surface area contributed by atoms with Crippen molar-refractivity contribution in [1.29, 1.82) is 0 Å². The van der Waals surface area contributed by atoms with Crippen LogP contribution in [0.2, 0.25) is 0 Å². The molecule has 0 radical (unpaired) electrons. The zero-order valence-electron chi connectivity index (χ0n) is 12.8. The van der Waals surface area contributed by atoms with Crippen molar-refractivity contribution in [3.8, 4) is 11.5 Å². The first-order valence-electron chi connectivity index (χ1n) is 8.07. The number of piperidine rings is 1. The van der Waals surface area contributed by atoms with Crippen LogP contribution in [0.3, 0.4) is 0 Å². The lowest BCUT2D eigenvalue weighted by molar-refractivity contribution is 0.188. The molecule has 4 nitrogen and oxygen atoms in total. The smallest absolute Gasteiger partial charge is 0.123 e. The Labute approximate surface area is 127 Å². The molecule has 1 saturated carbocycles. The minimum Gasteiger partial charge on any atom is -0.507 e. The van der Waals surface area contributed by atoms with Crippen molar-refractivity contribution in [1.82, 2.24) is 10.2 Å². The molecule has 2 fully saturated rings. The highest BCUT2D eigenvalue weighted by Gasteiger charge is 2.31. The summed E-state index contributed by atoms with van der Waals surface area (Å²) in [5.74, 6) is 1.87. The number of hydrogen-bond donors (Lipinski definition) is 2. The summed E-state index contributed by atoms with van der Waals surface area (Å²) in [5.41, 5.74) is 1.01. The van der Waals surface area contributed by atoms with Gasteiger partial charge in [0.05, 0.1) is 7.11 Å². The molecule has 0 atom stereocenters. The molecule has 116 valence electrons. The largest absolute Gasteiger partial charge is 0.507 e. The molecule has 1 saturated heterocycles. The van der Waals surface area contributed by atoms with Gasteiger partial charge in [0.2, 0.25) is 0 Å². The molecule has 1 aliphatic heterocycles. The molecule has 0 unspecified atom stereocenters. The number of ether oxygens (including phenoxy) is 1. The molecule has 2 N–H and O–H groups in total. The van der Waals surface area contributed by atoms with Crippen LogP contribution in [0.5, 0.6) is 11.5 Å². The Morgan fingerprint density at radius 1 is 1.24 bits per heavy atom. The van der Waals surface area contributed by atoms with Gasteiger partial charge in [0.1, 0.15) is 11.5 Å². The van der Waals surface area contributed by atoms with Gasteiger partial charge >= 0.3 is 0 Å². The van der Waals surface area contributed by atoms with Crippen LogP contribution in [-0.2, 0) is 6.54 Å². The normalized spacial score (nSPS) is 19.9. The zero-order chi connectivity index (χ0) is 14.7. The van der Waals surface area contributed by atoms with E-state index in [0.29, 0.717) is 11.5 Å². The SMILES string of the molecule is COc1ccc(CN(CC2CCNCC2)C2CC2)c(O)c1. The number of rotatable bonds is 6. The van der Waals surface area contributed by atoms with Crippen molar-refractivity contribution >= 4 is 0 Å². The number of benzene rings is 1. The van der Waals surface area contributed by atoms with Gasteiger partial charge in [-0.2, -0.15) is 0 Å². The summed E-state index contributed by atoms with van der Waals surface area (Å²) in [7, 11) is 1.63. The van der Waals surface area contributed by atoms with E-state index < -0.39 is 0 Å². The summed E-state index contributed by atoms with van der Waals surface area (Å²) in [6, 6.07) is 6.36. The molecule has 0 bridgehead atoms. The van der Waals surface area contributed by atoms with Crippen molar-refractivity contribution in [2.24, 2.45) is 5.92 Å². The summed E-state index contributed by atoms with van der Waals surface area (Å²) < 4.78 is 5.16. The van der Waals surface area contributed by atoms with Gasteiger partial charge in [0.25, 0.3) is 0 Å². The number of methoxy groups -OCH3 is 1. The average molecular weight is 290 g/mol. The predicted octanol–water partition coefficient (Wildman–Crippen LogP) is 2.36. The summed E-state index contributed by atoms with van der Waals surface area (Å²) >= 11 is 0. The molecule has 0 amide bonds. The van der Waals surface area contributed by atoms with Crippen LogP contribution in [-0.4, -0.2) is 42.8 Å². The third kappa shape index (κ3) is 3.89. The van der Waals surface area contributed by atoms with E-state index in [-0.39, 0.29) is 0 Å². The molecule has 1 heterocycles. The number of phenolic OH excluding ortho intramolecular Hbond substituents is 1. The molecule has 1 aliphatic carbocycles. The van der Waals surface area contributed by atoms with E-state index in [4.69, 9.17) is 4.74 Å². The Morgan fingerprint density at radius 2 is 2.00 bits per heavy atom. The molecule has 1 aromatic rings. The van der Waals surface area contributed by atoms with Crippen molar-refractivity contribution in [3.63, 3.8) is 0 Å². The highest BCUT2D eigenvalue weighted by molar-refractivity contribution is 5.39. The molecule has 3 rings (SSSR count). The predicted molar refractivity (Wildman–Crippen MR) is 83.7 cm³/mol. The Morgan fingerprint density at radius 3 is 2.62 bits per heavy atom. The van der Waals surface area contributed by atoms with Gasteiger partial charge in [-0.3, -0.25) is 4.90 Å². The lowest BCUT2D eigenvalue weighted by Crippen LogP contribution is -2.37. The van der Waals surface area contributed by atoms with Gasteiger partial charge in [0, 0.05) is 30.8 Å². The van der Waals surface area contributed by atoms with E-state index in [0.717, 1.165) is 43.7 Å². The molecular formula is C17H26N2O2. The van der Waals surface area contributed by atoms with Gasteiger partial charge in [-0.15, -0.1) is 0 Å². The van der Waals surface area contributed by atoms with Gasteiger partial charge in [0.15, 0.2) is 0 Å². The van der Waals surface area contributed by atoms with Crippen molar-refractivity contribution in [2.75, 3.05) is 26.7 Å². The van der Waals surface area contributed by atoms with Crippen LogP contribution in [0.4, 0.5) is 0 Å². The molecule has 2 aliphatic rings. The van der Waals surface area contributed by atoms with Crippen LogP contribution in [0.15, 0.2) is 18.2 Å². The Balaban J connectivity index is 1.64. The lowest BCUT2D eigenvalue weighted by atomic mass is 9.97. The number of nitrogens with zero attached hydrogens (tertiary/aromatic N) is 1. The third-order valence-electron chi connectivity index (χ3n) is 4.68. The van der Waals surface area contributed by atoms with E-state index >= 15 is 0 Å². The van der Waals surface area contributed by atoms with E-state index in [2.05, 4.69) is 10.2 Å². The number of nitrogens with one attached hydrogen (secondary N) is 1. The first-order chi connectivity index (χ1) is 10.3. The minimum atomic E-state index is 0.352. The molecule has 0 aromatic heterocycles. The third-order valence-corrected chi connectivity index (χ3v) is 4.68. The fourth-order valence-electron chi connectivity index (χ4n) is 3.20. The van der Waals surface area contributed by atoms with Gasteiger partial charge in [-0.05, 0) is 50.8 Å². The fraction of sp³-hybridized carbons (Fsp3) is 0.647. The maximum atomic E-state index is 10.2. The summed E-state index contributed by atoms with van der Waals surface area (Å²) in [6.07, 6.45) is 5.17. The standard InChI is InChI=1S/C17H26N2O2/c1-21-16-5-2-14(17(20)10-16)12-19(15-3-4-15)11-13-6-8-18-9-7-13/h2,5,10,13,15,18,20H,3-4,6-9,11-12H2,1H3. The van der Waals surface area contributed by atoms with Gasteiger partial charge in [-0.25, -0.2) is 0 Å². The molecule has 0 spiro atoms. The highest BCUT2D eigenvalue weighted by atomic mass is 16.5. The molecule has 21 heavy (non-hydrogen) atoms. The van der Waals surface area contributed by atoms with Crippen LogP contribution >= 0.6 is 0 Å². The zero-order valence-corrected chi connectivity index (χ0v) is 12.8. The Kier molecular flexibility index (Phi) is 4.66. The maximum Gasteiger partial charge on any atom is 0.123 e. The molecule has 1 aromatic carbocycles. The monoisotopic (exact) mass is 290 g/mol. The lowest BCUT2D eigenvalue weighted by Gasteiger charge is -2.30. The van der Waals surface area contributed by atoms with E-state index in [1.165, 1.54) is 25.7 Å². The van der Waals surface area contributed by atoms with Crippen molar-refractivity contribution in [2.45, 2.75) is 38.3 Å². The number of hydrogen-bond acceptors (Lipinski definition) is 4. The average Bonchev–Trinajstić information content (AvgIpc) is 3.34. The van der Waals surface area contributed by atoms with Crippen LogP contribution < -0.4 is 10.1 Å². The number of aromatic hydroxyl groups is 1. The first kappa shape index (κ1) is 14.7. The fourth-order valence-corrected chi connectivity index (χ4v) is 3.20. The summed E-state index contributed by atoms with van der Waals surface area (Å²) in [5, 5.41) is 13.6. The second-order valence-corrected chi connectivity index (χ2v) is 6.35. The van der Waals surface area contributed by atoms with Gasteiger partial charge < -0.3 is 15.2 Å². The van der Waals surface area contributed by atoms with E-state index in [9.17, 15) is 5.11 Å².